The highest BCUT2D eigenvalue weighted by atomic mass is 35.5. The second-order valence-corrected chi connectivity index (χ2v) is 6.24. The summed E-state index contributed by atoms with van der Waals surface area (Å²) in [5.41, 5.74) is -0.120. The van der Waals surface area contributed by atoms with Gasteiger partial charge in [-0.15, -0.1) is 0 Å². The molecule has 1 aliphatic carbocycles. The van der Waals surface area contributed by atoms with Gasteiger partial charge in [-0.1, -0.05) is 11.6 Å². The van der Waals surface area contributed by atoms with Crippen LogP contribution in [0.4, 0.5) is 0 Å². The molecule has 2 rings (SSSR count). The van der Waals surface area contributed by atoms with Crippen LogP contribution in [-0.2, 0) is 16.9 Å². The van der Waals surface area contributed by atoms with Gasteiger partial charge < -0.3 is 14.7 Å². The molecule has 6 heteroatoms. The third-order valence-corrected chi connectivity index (χ3v) is 4.36. The molecule has 0 aromatic carbocycles. The van der Waals surface area contributed by atoms with E-state index in [1.807, 2.05) is 18.8 Å². The van der Waals surface area contributed by atoms with E-state index in [9.17, 15) is 5.11 Å². The maximum atomic E-state index is 11.0. The number of hydrogen-bond acceptors (Lipinski definition) is 4. The van der Waals surface area contributed by atoms with E-state index < -0.39 is 5.60 Å². The molecular weight excluding hydrogens is 278 g/mol. The van der Waals surface area contributed by atoms with Gasteiger partial charge in [-0.05, 0) is 39.8 Å². The van der Waals surface area contributed by atoms with Gasteiger partial charge in [-0.3, -0.25) is 4.68 Å². The van der Waals surface area contributed by atoms with Gasteiger partial charge in [0.2, 0.25) is 0 Å². The summed E-state index contributed by atoms with van der Waals surface area (Å²) >= 11 is 6.27. The molecule has 0 amide bonds. The van der Waals surface area contributed by atoms with E-state index >= 15 is 0 Å². The maximum Gasteiger partial charge on any atom is 0.108 e. The fourth-order valence-electron chi connectivity index (χ4n) is 2.83. The minimum Gasteiger partial charge on any atom is -0.384 e. The maximum absolute atomic E-state index is 11.0. The van der Waals surface area contributed by atoms with Gasteiger partial charge in [0, 0.05) is 13.7 Å². The van der Waals surface area contributed by atoms with Crippen molar-refractivity contribution in [2.24, 2.45) is 0 Å². The Kier molecular flexibility index (Phi) is 5.07. The first kappa shape index (κ1) is 15.8. The van der Waals surface area contributed by atoms with E-state index in [1.165, 1.54) is 0 Å². The minimum absolute atomic E-state index is 0.243. The van der Waals surface area contributed by atoms with Crippen molar-refractivity contribution in [3.8, 4) is 0 Å². The van der Waals surface area contributed by atoms with Gasteiger partial charge in [0.25, 0.3) is 0 Å². The summed E-state index contributed by atoms with van der Waals surface area (Å²) in [7, 11) is 5.76. The predicted octanol–water partition coefficient (Wildman–Crippen LogP) is 1.87. The number of ether oxygens (including phenoxy) is 1. The van der Waals surface area contributed by atoms with Crippen LogP contribution >= 0.6 is 11.6 Å². The summed E-state index contributed by atoms with van der Waals surface area (Å²) in [6, 6.07) is 0. The smallest absolute Gasteiger partial charge is 0.108 e. The first-order valence-corrected chi connectivity index (χ1v) is 7.46. The monoisotopic (exact) mass is 301 g/mol. The predicted molar refractivity (Wildman–Crippen MR) is 79.0 cm³/mol. The second kappa shape index (κ2) is 6.43. The van der Waals surface area contributed by atoms with E-state index in [4.69, 9.17) is 16.3 Å². The first-order chi connectivity index (χ1) is 9.46. The van der Waals surface area contributed by atoms with Crippen molar-refractivity contribution in [3.63, 3.8) is 0 Å². The number of likely N-dealkylation sites (N-methyl/N-ethyl adjacent to an activating group) is 1. The van der Waals surface area contributed by atoms with E-state index in [0.717, 1.165) is 31.6 Å². The lowest BCUT2D eigenvalue weighted by atomic mass is 9.81. The Labute approximate surface area is 125 Å². The van der Waals surface area contributed by atoms with Gasteiger partial charge in [-0.2, -0.15) is 5.10 Å². The molecule has 114 valence electrons. The van der Waals surface area contributed by atoms with Crippen LogP contribution in [0.15, 0.2) is 6.20 Å². The molecule has 0 aliphatic heterocycles. The zero-order valence-corrected chi connectivity index (χ0v) is 13.2. The number of aliphatic hydroxyl groups is 1. The van der Waals surface area contributed by atoms with Crippen LogP contribution in [-0.4, -0.2) is 53.6 Å². The van der Waals surface area contributed by atoms with Crippen molar-refractivity contribution in [2.75, 3.05) is 27.7 Å². The molecule has 0 radical (unpaired) electrons. The van der Waals surface area contributed by atoms with Gasteiger partial charge in [-0.25, -0.2) is 0 Å². The Balaban J connectivity index is 2.16. The first-order valence-electron chi connectivity index (χ1n) is 7.08. The Hall–Kier alpha value is -0.620. The normalized spacial score (nSPS) is 27.2. The molecule has 1 fully saturated rings. The van der Waals surface area contributed by atoms with Crippen molar-refractivity contribution in [1.29, 1.82) is 0 Å². The van der Waals surface area contributed by atoms with Crippen molar-refractivity contribution in [3.05, 3.63) is 16.9 Å². The second-order valence-electron chi connectivity index (χ2n) is 5.83. The molecule has 1 aromatic rings. The SMILES string of the molecule is COC1CCC(O)(c2c(Cl)cnn2CCN(C)C)CC1. The summed E-state index contributed by atoms with van der Waals surface area (Å²) in [5.74, 6) is 0. The molecule has 0 atom stereocenters. The fraction of sp³-hybridized carbons (Fsp3) is 0.786. The molecule has 0 unspecified atom stereocenters. The van der Waals surface area contributed by atoms with Gasteiger partial charge in [0.15, 0.2) is 0 Å². The number of rotatable bonds is 5. The van der Waals surface area contributed by atoms with Crippen molar-refractivity contribution < 1.29 is 9.84 Å². The standard InChI is InChI=1S/C14H24ClN3O2/c1-17(2)8-9-18-13(12(15)10-16-18)14(19)6-4-11(20-3)5-7-14/h10-11,19H,4-9H2,1-3H3. The van der Waals surface area contributed by atoms with Crippen LogP contribution in [0.25, 0.3) is 0 Å². The summed E-state index contributed by atoms with van der Waals surface area (Å²) < 4.78 is 7.21. The third-order valence-electron chi connectivity index (χ3n) is 4.09. The van der Waals surface area contributed by atoms with Crippen LogP contribution in [0.1, 0.15) is 31.4 Å². The number of hydrogen-bond donors (Lipinski definition) is 1. The number of halogens is 1. The summed E-state index contributed by atoms with van der Waals surface area (Å²) in [6.45, 7) is 1.59. The van der Waals surface area contributed by atoms with E-state index in [0.29, 0.717) is 17.9 Å². The van der Waals surface area contributed by atoms with Crippen LogP contribution in [0, 0.1) is 0 Å². The quantitative estimate of drug-likeness (QED) is 0.902. The van der Waals surface area contributed by atoms with Crippen LogP contribution in [0.5, 0.6) is 0 Å². The average Bonchev–Trinajstić information content (AvgIpc) is 2.79. The Bertz CT molecular complexity index is 440. The molecule has 1 heterocycles. The Morgan fingerprint density at radius 1 is 1.50 bits per heavy atom. The number of aromatic nitrogens is 2. The molecule has 1 N–H and O–H groups in total. The van der Waals surface area contributed by atoms with Crippen molar-refractivity contribution in [1.82, 2.24) is 14.7 Å². The average molecular weight is 302 g/mol. The lowest BCUT2D eigenvalue weighted by Gasteiger charge is -2.36. The van der Waals surface area contributed by atoms with E-state index in [1.54, 1.807) is 13.3 Å². The summed E-state index contributed by atoms with van der Waals surface area (Å²) in [4.78, 5) is 2.09. The molecule has 1 saturated carbocycles. The number of methoxy groups -OCH3 is 1. The van der Waals surface area contributed by atoms with Gasteiger partial charge in [0.05, 0.1) is 29.6 Å². The summed E-state index contributed by atoms with van der Waals surface area (Å²) in [6.07, 6.45) is 4.90. The highest BCUT2D eigenvalue weighted by Gasteiger charge is 2.39. The fourth-order valence-corrected chi connectivity index (χ4v) is 3.15. The highest BCUT2D eigenvalue weighted by Crippen LogP contribution is 2.40. The Morgan fingerprint density at radius 3 is 2.70 bits per heavy atom. The minimum atomic E-state index is -0.880. The molecule has 0 saturated heterocycles. The van der Waals surface area contributed by atoms with Crippen LogP contribution in [0.3, 0.4) is 0 Å². The van der Waals surface area contributed by atoms with Crippen molar-refractivity contribution >= 4 is 11.6 Å². The molecule has 1 aliphatic rings. The lowest BCUT2D eigenvalue weighted by Crippen LogP contribution is -2.37. The van der Waals surface area contributed by atoms with E-state index in [-0.39, 0.29) is 6.10 Å². The van der Waals surface area contributed by atoms with E-state index in [2.05, 4.69) is 10.00 Å². The van der Waals surface area contributed by atoms with Crippen molar-refractivity contribution in [2.45, 2.75) is 43.9 Å². The zero-order chi connectivity index (χ0) is 14.8. The molecule has 5 nitrogen and oxygen atoms in total. The lowest BCUT2D eigenvalue weighted by molar-refractivity contribution is -0.0527. The zero-order valence-electron chi connectivity index (χ0n) is 12.5. The molecule has 0 bridgehead atoms. The van der Waals surface area contributed by atoms with Gasteiger partial charge >= 0.3 is 0 Å². The molecular formula is C14H24ClN3O2. The Morgan fingerprint density at radius 2 is 2.15 bits per heavy atom. The molecule has 20 heavy (non-hydrogen) atoms. The molecule has 0 spiro atoms. The number of nitrogens with zero attached hydrogens (tertiary/aromatic N) is 3. The van der Waals surface area contributed by atoms with Crippen LogP contribution < -0.4 is 0 Å². The third kappa shape index (κ3) is 3.34. The van der Waals surface area contributed by atoms with Crippen LogP contribution in [0.2, 0.25) is 5.02 Å². The highest BCUT2D eigenvalue weighted by molar-refractivity contribution is 6.31. The topological polar surface area (TPSA) is 50.5 Å². The summed E-state index contributed by atoms with van der Waals surface area (Å²) in [5, 5.41) is 15.8. The molecule has 1 aromatic heterocycles. The largest absolute Gasteiger partial charge is 0.384 e. The van der Waals surface area contributed by atoms with Gasteiger partial charge in [0.1, 0.15) is 5.60 Å².